The van der Waals surface area contributed by atoms with E-state index < -0.39 is 12.0 Å². The molecule has 0 fully saturated rings. The number of rotatable bonds is 7. The van der Waals surface area contributed by atoms with Gasteiger partial charge in [0.05, 0.1) is 18.6 Å². The van der Waals surface area contributed by atoms with Gasteiger partial charge in [-0.25, -0.2) is 0 Å². The Morgan fingerprint density at radius 3 is 2.43 bits per heavy atom. The Bertz CT molecular complexity index is 158. The van der Waals surface area contributed by atoms with Crippen LogP contribution in [-0.2, 0) is 9.53 Å². The van der Waals surface area contributed by atoms with Gasteiger partial charge in [-0.2, -0.15) is 0 Å². The van der Waals surface area contributed by atoms with Gasteiger partial charge in [0, 0.05) is 6.61 Å². The predicted octanol–water partition coefficient (Wildman–Crippen LogP) is 0.709. The van der Waals surface area contributed by atoms with Gasteiger partial charge in [-0.05, 0) is 19.8 Å². The summed E-state index contributed by atoms with van der Waals surface area (Å²) in [5.41, 5.74) is 0. The Labute approximate surface area is 84.9 Å². The largest absolute Gasteiger partial charge is 0.466 e. The van der Waals surface area contributed by atoms with Crippen LogP contribution in [0.4, 0.5) is 0 Å². The maximum Gasteiger partial charge on any atom is 0.311 e. The molecular weight excluding hydrogens is 184 g/mol. The molecule has 84 valence electrons. The molecule has 0 aliphatic rings. The average Bonchev–Trinajstić information content (AvgIpc) is 2.14. The summed E-state index contributed by atoms with van der Waals surface area (Å²) >= 11 is 0. The van der Waals surface area contributed by atoms with Crippen LogP contribution in [0.1, 0.15) is 33.1 Å². The molecule has 0 radical (unpaired) electrons. The monoisotopic (exact) mass is 204 g/mol. The molecule has 2 unspecified atom stereocenters. The lowest BCUT2D eigenvalue weighted by Gasteiger charge is -2.19. The first-order chi connectivity index (χ1) is 6.67. The maximum atomic E-state index is 11.4. The molecule has 2 atom stereocenters. The third kappa shape index (κ3) is 4.58. The minimum atomic E-state index is -0.793. The fourth-order valence-corrected chi connectivity index (χ4v) is 1.36. The van der Waals surface area contributed by atoms with E-state index in [0.717, 1.165) is 6.42 Å². The first kappa shape index (κ1) is 13.4. The molecule has 0 heterocycles. The molecule has 4 nitrogen and oxygen atoms in total. The second kappa shape index (κ2) is 7.76. The van der Waals surface area contributed by atoms with Crippen LogP contribution in [0.5, 0.6) is 0 Å². The molecule has 0 rings (SSSR count). The Balaban J connectivity index is 4.18. The van der Waals surface area contributed by atoms with Crippen molar-refractivity contribution in [3.8, 4) is 0 Å². The van der Waals surface area contributed by atoms with Gasteiger partial charge < -0.3 is 14.9 Å². The van der Waals surface area contributed by atoms with E-state index >= 15 is 0 Å². The van der Waals surface area contributed by atoms with Gasteiger partial charge in [-0.3, -0.25) is 4.79 Å². The number of aliphatic hydroxyl groups is 2. The molecule has 14 heavy (non-hydrogen) atoms. The molecule has 0 aliphatic heterocycles. The number of carbonyl (C=O) groups is 1. The zero-order chi connectivity index (χ0) is 11.0. The number of carbonyl (C=O) groups excluding carboxylic acids is 1. The first-order valence-electron chi connectivity index (χ1n) is 5.12. The SMILES string of the molecule is CCCC(C(=O)OCC)C(O)CCO. The van der Waals surface area contributed by atoms with Crippen LogP contribution in [0.3, 0.4) is 0 Å². The van der Waals surface area contributed by atoms with Gasteiger partial charge in [0.1, 0.15) is 0 Å². The zero-order valence-electron chi connectivity index (χ0n) is 8.90. The normalized spacial score (nSPS) is 14.9. The number of hydrogen-bond acceptors (Lipinski definition) is 4. The number of aliphatic hydroxyl groups excluding tert-OH is 2. The zero-order valence-corrected chi connectivity index (χ0v) is 8.90. The van der Waals surface area contributed by atoms with E-state index in [1.165, 1.54) is 0 Å². The highest BCUT2D eigenvalue weighted by molar-refractivity contribution is 5.73. The van der Waals surface area contributed by atoms with Crippen LogP contribution in [0.2, 0.25) is 0 Å². The standard InChI is InChI=1S/C10H20O4/c1-3-5-8(9(12)6-7-11)10(13)14-4-2/h8-9,11-12H,3-7H2,1-2H3. The highest BCUT2D eigenvalue weighted by Gasteiger charge is 2.26. The Kier molecular flexibility index (Phi) is 7.42. The van der Waals surface area contributed by atoms with E-state index in [4.69, 9.17) is 9.84 Å². The quantitative estimate of drug-likeness (QED) is 0.599. The summed E-state index contributed by atoms with van der Waals surface area (Å²) in [6.07, 6.45) is 0.842. The summed E-state index contributed by atoms with van der Waals surface area (Å²) in [4.78, 5) is 11.4. The van der Waals surface area contributed by atoms with Crippen LogP contribution < -0.4 is 0 Å². The lowest BCUT2D eigenvalue weighted by atomic mass is 9.95. The summed E-state index contributed by atoms with van der Waals surface area (Å²) in [7, 11) is 0. The minimum Gasteiger partial charge on any atom is -0.466 e. The van der Waals surface area contributed by atoms with Gasteiger partial charge >= 0.3 is 5.97 Å². The van der Waals surface area contributed by atoms with Gasteiger partial charge in [-0.1, -0.05) is 13.3 Å². The van der Waals surface area contributed by atoms with Gasteiger partial charge in [0.25, 0.3) is 0 Å². The molecule has 0 bridgehead atoms. The lowest BCUT2D eigenvalue weighted by Crippen LogP contribution is -2.30. The molecular formula is C10H20O4. The van der Waals surface area contributed by atoms with Gasteiger partial charge in [0.15, 0.2) is 0 Å². The molecule has 0 aliphatic carbocycles. The predicted molar refractivity (Wildman–Crippen MR) is 52.7 cm³/mol. The fourth-order valence-electron chi connectivity index (χ4n) is 1.36. The average molecular weight is 204 g/mol. The van der Waals surface area contributed by atoms with Crippen molar-refractivity contribution in [3.05, 3.63) is 0 Å². The van der Waals surface area contributed by atoms with E-state index in [9.17, 15) is 9.90 Å². The highest BCUT2D eigenvalue weighted by atomic mass is 16.5. The van der Waals surface area contributed by atoms with Crippen LogP contribution in [-0.4, -0.2) is 35.5 Å². The Hall–Kier alpha value is -0.610. The first-order valence-corrected chi connectivity index (χ1v) is 5.12. The molecule has 0 aromatic rings. The summed E-state index contributed by atoms with van der Waals surface area (Å²) in [6, 6.07) is 0. The summed E-state index contributed by atoms with van der Waals surface area (Å²) in [5, 5.41) is 18.2. The topological polar surface area (TPSA) is 66.8 Å². The summed E-state index contributed by atoms with van der Waals surface area (Å²) in [6.45, 7) is 3.89. The molecule has 0 saturated carbocycles. The Morgan fingerprint density at radius 1 is 1.36 bits per heavy atom. The van der Waals surface area contributed by atoms with Crippen molar-refractivity contribution < 1.29 is 19.7 Å². The van der Waals surface area contributed by atoms with Gasteiger partial charge in [0.2, 0.25) is 0 Å². The van der Waals surface area contributed by atoms with Crippen LogP contribution in [0.25, 0.3) is 0 Å². The van der Waals surface area contributed by atoms with Crippen molar-refractivity contribution in [3.63, 3.8) is 0 Å². The van der Waals surface area contributed by atoms with E-state index in [1.54, 1.807) is 6.92 Å². The van der Waals surface area contributed by atoms with Gasteiger partial charge in [-0.15, -0.1) is 0 Å². The maximum absolute atomic E-state index is 11.4. The molecule has 2 N–H and O–H groups in total. The third-order valence-electron chi connectivity index (χ3n) is 2.08. The van der Waals surface area contributed by atoms with Crippen molar-refractivity contribution in [2.24, 2.45) is 5.92 Å². The number of ether oxygens (including phenoxy) is 1. The van der Waals surface area contributed by atoms with Crippen LogP contribution >= 0.6 is 0 Å². The lowest BCUT2D eigenvalue weighted by molar-refractivity contribution is -0.152. The molecule has 0 amide bonds. The minimum absolute atomic E-state index is 0.110. The third-order valence-corrected chi connectivity index (χ3v) is 2.08. The van der Waals surface area contributed by atoms with E-state index in [-0.39, 0.29) is 19.0 Å². The van der Waals surface area contributed by atoms with Crippen molar-refractivity contribution in [1.82, 2.24) is 0 Å². The molecule has 4 heteroatoms. The fraction of sp³-hybridized carbons (Fsp3) is 0.900. The smallest absolute Gasteiger partial charge is 0.311 e. The van der Waals surface area contributed by atoms with Crippen LogP contribution in [0.15, 0.2) is 0 Å². The van der Waals surface area contributed by atoms with E-state index in [1.807, 2.05) is 6.92 Å². The molecule has 0 spiro atoms. The Morgan fingerprint density at radius 2 is 2.00 bits per heavy atom. The van der Waals surface area contributed by atoms with E-state index in [2.05, 4.69) is 0 Å². The van der Waals surface area contributed by atoms with Crippen molar-refractivity contribution >= 4 is 5.97 Å². The van der Waals surface area contributed by atoms with Crippen molar-refractivity contribution in [1.29, 1.82) is 0 Å². The van der Waals surface area contributed by atoms with Crippen molar-refractivity contribution in [2.75, 3.05) is 13.2 Å². The van der Waals surface area contributed by atoms with Crippen molar-refractivity contribution in [2.45, 2.75) is 39.2 Å². The highest BCUT2D eigenvalue weighted by Crippen LogP contribution is 2.16. The molecule has 0 saturated heterocycles. The number of hydrogen-bond donors (Lipinski definition) is 2. The summed E-state index contributed by atoms with van der Waals surface area (Å²) in [5.74, 6) is -0.859. The molecule has 0 aromatic heterocycles. The van der Waals surface area contributed by atoms with E-state index in [0.29, 0.717) is 13.0 Å². The molecule has 0 aromatic carbocycles. The summed E-state index contributed by atoms with van der Waals surface area (Å²) < 4.78 is 4.84. The second-order valence-electron chi connectivity index (χ2n) is 3.23. The second-order valence-corrected chi connectivity index (χ2v) is 3.23. The van der Waals surface area contributed by atoms with Crippen LogP contribution in [0, 0.1) is 5.92 Å². The number of esters is 1.